The fourth-order valence-corrected chi connectivity index (χ4v) is 2.12. The number of aromatic nitrogens is 2. The van der Waals surface area contributed by atoms with Crippen molar-refractivity contribution < 1.29 is 4.74 Å². The number of halogens is 1. The number of methoxy groups -OCH3 is 1. The Kier molecular flexibility index (Phi) is 3.90. The number of ether oxygens (including phenoxy) is 1. The van der Waals surface area contributed by atoms with Gasteiger partial charge < -0.3 is 15.8 Å². The van der Waals surface area contributed by atoms with Crippen LogP contribution < -0.4 is 15.8 Å². The number of rotatable bonds is 3. The van der Waals surface area contributed by atoms with Crippen LogP contribution in [0.4, 0.5) is 17.5 Å². The van der Waals surface area contributed by atoms with E-state index in [-0.39, 0.29) is 5.95 Å². The first-order valence-corrected chi connectivity index (χ1v) is 6.51. The first kappa shape index (κ1) is 13.6. The third-order valence-corrected chi connectivity index (χ3v) is 3.43. The Balaban J connectivity index is 2.46. The molecule has 0 fully saturated rings. The molecule has 2 rings (SSSR count). The maximum Gasteiger partial charge on any atom is 0.222 e. The second-order valence-corrected chi connectivity index (χ2v) is 4.99. The van der Waals surface area contributed by atoms with Crippen LogP contribution >= 0.6 is 15.9 Å². The van der Waals surface area contributed by atoms with Crippen molar-refractivity contribution in [3.8, 4) is 5.75 Å². The molecular formula is C13H15BrN4O. The number of aryl methyl sites for hydroxylation is 1. The molecule has 0 spiro atoms. The maximum absolute atomic E-state index is 5.61. The molecule has 6 heteroatoms. The van der Waals surface area contributed by atoms with Gasteiger partial charge in [-0.1, -0.05) is 6.07 Å². The van der Waals surface area contributed by atoms with Gasteiger partial charge in [-0.25, -0.2) is 4.98 Å². The highest BCUT2D eigenvalue weighted by atomic mass is 79.9. The molecule has 5 nitrogen and oxygen atoms in total. The summed E-state index contributed by atoms with van der Waals surface area (Å²) in [5.41, 5.74) is 8.68. The van der Waals surface area contributed by atoms with Crippen molar-refractivity contribution in [2.24, 2.45) is 0 Å². The molecule has 1 aromatic carbocycles. The highest BCUT2D eigenvalue weighted by Gasteiger charge is 2.11. The summed E-state index contributed by atoms with van der Waals surface area (Å²) in [6.45, 7) is 4.01. The number of nitrogens with one attached hydrogen (secondary N) is 1. The van der Waals surface area contributed by atoms with E-state index in [1.165, 1.54) is 0 Å². The largest absolute Gasteiger partial charge is 0.496 e. The summed E-state index contributed by atoms with van der Waals surface area (Å²) >= 11 is 3.40. The van der Waals surface area contributed by atoms with E-state index in [0.717, 1.165) is 27.0 Å². The fourth-order valence-electron chi connectivity index (χ4n) is 1.83. The Labute approximate surface area is 120 Å². The van der Waals surface area contributed by atoms with E-state index in [9.17, 15) is 0 Å². The van der Waals surface area contributed by atoms with Gasteiger partial charge in [0, 0.05) is 17.4 Å². The van der Waals surface area contributed by atoms with Gasteiger partial charge in [-0.05, 0) is 41.4 Å². The lowest BCUT2D eigenvalue weighted by Crippen LogP contribution is -2.03. The van der Waals surface area contributed by atoms with Crippen molar-refractivity contribution in [3.63, 3.8) is 0 Å². The fraction of sp³-hybridized carbons (Fsp3) is 0.231. The molecule has 0 atom stereocenters. The molecule has 0 bridgehead atoms. The Morgan fingerprint density at radius 1 is 1.32 bits per heavy atom. The lowest BCUT2D eigenvalue weighted by atomic mass is 10.1. The molecule has 1 aromatic heterocycles. The summed E-state index contributed by atoms with van der Waals surface area (Å²) in [5.74, 6) is 1.68. The SMILES string of the molecule is COc1ccc(C)c(Nc2nc(N)ncc2Br)c1C. The molecule has 0 radical (unpaired) electrons. The number of hydrogen-bond acceptors (Lipinski definition) is 5. The van der Waals surface area contributed by atoms with E-state index < -0.39 is 0 Å². The normalized spacial score (nSPS) is 10.3. The van der Waals surface area contributed by atoms with Crippen molar-refractivity contribution in [1.29, 1.82) is 0 Å². The minimum absolute atomic E-state index is 0.226. The standard InChI is InChI=1S/C13H15BrN4O/c1-7-4-5-10(19-3)8(2)11(7)17-12-9(14)6-16-13(15)18-12/h4-6H,1-3H3,(H3,15,16,17,18). The summed E-state index contributed by atoms with van der Waals surface area (Å²) in [5, 5.41) is 3.27. The summed E-state index contributed by atoms with van der Waals surface area (Å²) in [6, 6.07) is 3.94. The summed E-state index contributed by atoms with van der Waals surface area (Å²) < 4.78 is 6.08. The van der Waals surface area contributed by atoms with Gasteiger partial charge in [-0.3, -0.25) is 0 Å². The maximum atomic E-state index is 5.61. The Bertz CT molecular complexity index is 616. The molecule has 0 aliphatic rings. The minimum Gasteiger partial charge on any atom is -0.496 e. The third-order valence-electron chi connectivity index (χ3n) is 2.85. The minimum atomic E-state index is 0.226. The zero-order valence-electron chi connectivity index (χ0n) is 11.0. The summed E-state index contributed by atoms with van der Waals surface area (Å²) in [7, 11) is 1.65. The molecular weight excluding hydrogens is 308 g/mol. The van der Waals surface area contributed by atoms with E-state index in [1.54, 1.807) is 13.3 Å². The van der Waals surface area contributed by atoms with Crippen LogP contribution in [0.25, 0.3) is 0 Å². The average Bonchev–Trinajstić information content (AvgIpc) is 2.38. The third kappa shape index (κ3) is 2.78. The molecule has 0 saturated heterocycles. The van der Waals surface area contributed by atoms with Gasteiger partial charge in [0.25, 0.3) is 0 Å². The quantitative estimate of drug-likeness (QED) is 0.907. The van der Waals surface area contributed by atoms with Crippen molar-refractivity contribution >= 4 is 33.4 Å². The Morgan fingerprint density at radius 2 is 2.05 bits per heavy atom. The van der Waals surface area contributed by atoms with Gasteiger partial charge in [0.15, 0.2) is 0 Å². The molecule has 0 unspecified atom stereocenters. The monoisotopic (exact) mass is 322 g/mol. The van der Waals surface area contributed by atoms with Crippen LogP contribution in [0.5, 0.6) is 5.75 Å². The van der Waals surface area contributed by atoms with Crippen LogP contribution in [0.1, 0.15) is 11.1 Å². The van der Waals surface area contributed by atoms with Crippen LogP contribution in [-0.2, 0) is 0 Å². The number of nitrogen functional groups attached to an aromatic ring is 1. The molecule has 0 amide bonds. The average molecular weight is 323 g/mol. The van der Waals surface area contributed by atoms with Crippen molar-refractivity contribution in [1.82, 2.24) is 9.97 Å². The second-order valence-electron chi connectivity index (χ2n) is 4.13. The predicted octanol–water partition coefficient (Wildman–Crippen LogP) is 3.19. The van der Waals surface area contributed by atoms with Crippen molar-refractivity contribution in [3.05, 3.63) is 33.9 Å². The smallest absolute Gasteiger partial charge is 0.222 e. The van der Waals surface area contributed by atoms with Gasteiger partial charge in [-0.2, -0.15) is 4.98 Å². The Morgan fingerprint density at radius 3 is 2.74 bits per heavy atom. The summed E-state index contributed by atoms with van der Waals surface area (Å²) in [4.78, 5) is 8.09. The number of hydrogen-bond donors (Lipinski definition) is 2. The van der Waals surface area contributed by atoms with E-state index >= 15 is 0 Å². The molecule has 0 saturated carbocycles. The zero-order chi connectivity index (χ0) is 14.0. The second kappa shape index (κ2) is 5.44. The molecule has 0 aliphatic carbocycles. The van der Waals surface area contributed by atoms with Gasteiger partial charge in [0.05, 0.1) is 11.6 Å². The molecule has 0 aliphatic heterocycles. The molecule has 3 N–H and O–H groups in total. The Hall–Kier alpha value is -1.82. The van der Waals surface area contributed by atoms with E-state index in [4.69, 9.17) is 10.5 Å². The molecule has 100 valence electrons. The van der Waals surface area contributed by atoms with Crippen LogP contribution in [0.2, 0.25) is 0 Å². The van der Waals surface area contributed by atoms with E-state index in [1.807, 2.05) is 26.0 Å². The van der Waals surface area contributed by atoms with Crippen LogP contribution in [-0.4, -0.2) is 17.1 Å². The number of anilines is 3. The zero-order valence-corrected chi connectivity index (χ0v) is 12.6. The van der Waals surface area contributed by atoms with Gasteiger partial charge in [-0.15, -0.1) is 0 Å². The van der Waals surface area contributed by atoms with Gasteiger partial charge in [0.1, 0.15) is 11.6 Å². The van der Waals surface area contributed by atoms with Crippen molar-refractivity contribution in [2.75, 3.05) is 18.2 Å². The first-order chi connectivity index (χ1) is 9.02. The van der Waals surface area contributed by atoms with Crippen molar-refractivity contribution in [2.45, 2.75) is 13.8 Å². The topological polar surface area (TPSA) is 73.1 Å². The number of benzene rings is 1. The highest BCUT2D eigenvalue weighted by Crippen LogP contribution is 2.32. The van der Waals surface area contributed by atoms with Crippen LogP contribution in [0.15, 0.2) is 22.8 Å². The summed E-state index contributed by atoms with van der Waals surface area (Å²) in [6.07, 6.45) is 1.62. The van der Waals surface area contributed by atoms with Crippen LogP contribution in [0.3, 0.4) is 0 Å². The lowest BCUT2D eigenvalue weighted by Gasteiger charge is -2.15. The van der Waals surface area contributed by atoms with Gasteiger partial charge >= 0.3 is 0 Å². The molecule has 2 aromatic rings. The number of nitrogens with two attached hydrogens (primary N) is 1. The first-order valence-electron chi connectivity index (χ1n) is 5.72. The molecule has 19 heavy (non-hydrogen) atoms. The van der Waals surface area contributed by atoms with E-state index in [0.29, 0.717) is 5.82 Å². The van der Waals surface area contributed by atoms with E-state index in [2.05, 4.69) is 31.2 Å². The van der Waals surface area contributed by atoms with Gasteiger partial charge in [0.2, 0.25) is 5.95 Å². The lowest BCUT2D eigenvalue weighted by molar-refractivity contribution is 0.412. The van der Waals surface area contributed by atoms with Crippen LogP contribution in [0, 0.1) is 13.8 Å². The molecule has 1 heterocycles. The highest BCUT2D eigenvalue weighted by molar-refractivity contribution is 9.10. The predicted molar refractivity (Wildman–Crippen MR) is 79.9 cm³/mol. The number of nitrogens with zero attached hydrogens (tertiary/aromatic N) is 2.